The molecule has 2 rings (SSSR count). The predicted molar refractivity (Wildman–Crippen MR) is 66.5 cm³/mol. The zero-order valence-electron chi connectivity index (χ0n) is 9.05. The van der Waals surface area contributed by atoms with Gasteiger partial charge < -0.3 is 16.2 Å². The lowest BCUT2D eigenvalue weighted by molar-refractivity contribution is 0.485. The van der Waals surface area contributed by atoms with Crippen molar-refractivity contribution in [1.29, 1.82) is 5.26 Å². The number of ether oxygens (including phenoxy) is 1. The number of nitrogens with zero attached hydrogens (tertiary/aromatic N) is 1. The molecular formula is C13H11N3O. The number of hydrogen-bond acceptors (Lipinski definition) is 4. The van der Waals surface area contributed by atoms with Crippen LogP contribution in [0.2, 0.25) is 0 Å². The Balaban J connectivity index is 2.25. The van der Waals surface area contributed by atoms with Gasteiger partial charge >= 0.3 is 0 Å². The third-order valence-electron chi connectivity index (χ3n) is 2.25. The number of nitrogens with two attached hydrogens (primary N) is 2. The second kappa shape index (κ2) is 4.45. The van der Waals surface area contributed by atoms with Gasteiger partial charge in [0.1, 0.15) is 5.75 Å². The molecule has 0 fully saturated rings. The van der Waals surface area contributed by atoms with E-state index >= 15 is 0 Å². The molecule has 0 aromatic heterocycles. The van der Waals surface area contributed by atoms with Crippen LogP contribution in [0.4, 0.5) is 11.4 Å². The molecule has 0 aliphatic heterocycles. The van der Waals surface area contributed by atoms with Crippen LogP contribution in [0.25, 0.3) is 0 Å². The number of nitriles is 1. The molecule has 0 saturated heterocycles. The van der Waals surface area contributed by atoms with Gasteiger partial charge in [-0.25, -0.2) is 0 Å². The fourth-order valence-corrected chi connectivity index (χ4v) is 1.36. The Bertz CT molecular complexity index is 570. The van der Waals surface area contributed by atoms with E-state index < -0.39 is 0 Å². The van der Waals surface area contributed by atoms with Crippen LogP contribution in [0.5, 0.6) is 11.5 Å². The van der Waals surface area contributed by atoms with E-state index in [-0.39, 0.29) is 0 Å². The highest BCUT2D eigenvalue weighted by atomic mass is 16.5. The summed E-state index contributed by atoms with van der Waals surface area (Å²) in [5, 5.41) is 8.67. The summed E-state index contributed by atoms with van der Waals surface area (Å²) in [5.41, 5.74) is 13.1. The zero-order chi connectivity index (χ0) is 12.3. The van der Waals surface area contributed by atoms with Crippen LogP contribution in [-0.2, 0) is 0 Å². The summed E-state index contributed by atoms with van der Waals surface area (Å²) in [4.78, 5) is 0. The lowest BCUT2D eigenvalue weighted by Crippen LogP contribution is -1.94. The van der Waals surface area contributed by atoms with E-state index in [4.69, 9.17) is 21.5 Å². The van der Waals surface area contributed by atoms with E-state index in [2.05, 4.69) is 0 Å². The molecule has 0 aliphatic carbocycles. The average Bonchev–Trinajstić information content (AvgIpc) is 2.35. The average molecular weight is 225 g/mol. The van der Waals surface area contributed by atoms with Gasteiger partial charge in [0.05, 0.1) is 17.3 Å². The second-order valence-corrected chi connectivity index (χ2v) is 3.54. The molecule has 0 amide bonds. The highest BCUT2D eigenvalue weighted by Crippen LogP contribution is 2.29. The fraction of sp³-hybridized carbons (Fsp3) is 0. The molecule has 4 heteroatoms. The monoisotopic (exact) mass is 225 g/mol. The normalized spacial score (nSPS) is 9.59. The summed E-state index contributed by atoms with van der Waals surface area (Å²) in [7, 11) is 0. The zero-order valence-corrected chi connectivity index (χ0v) is 9.05. The van der Waals surface area contributed by atoms with Gasteiger partial charge in [0.2, 0.25) is 0 Å². The van der Waals surface area contributed by atoms with Crippen molar-refractivity contribution in [1.82, 2.24) is 0 Å². The summed E-state index contributed by atoms with van der Waals surface area (Å²) in [5.74, 6) is 1.12. The summed E-state index contributed by atoms with van der Waals surface area (Å²) in [6.45, 7) is 0. The molecule has 4 N–H and O–H groups in total. The maximum atomic E-state index is 8.67. The summed E-state index contributed by atoms with van der Waals surface area (Å²) in [6, 6.07) is 13.9. The topological polar surface area (TPSA) is 85.1 Å². The maximum absolute atomic E-state index is 8.67. The first-order valence-electron chi connectivity index (χ1n) is 5.02. The van der Waals surface area contributed by atoms with Gasteiger partial charge in [-0.2, -0.15) is 5.26 Å². The van der Waals surface area contributed by atoms with Gasteiger partial charge in [-0.1, -0.05) is 0 Å². The van der Waals surface area contributed by atoms with Gasteiger partial charge in [0.15, 0.2) is 5.75 Å². The smallest absolute Gasteiger partial charge is 0.152 e. The molecular weight excluding hydrogens is 214 g/mol. The number of benzene rings is 2. The molecule has 2 aromatic carbocycles. The van der Waals surface area contributed by atoms with E-state index in [9.17, 15) is 0 Å². The van der Waals surface area contributed by atoms with E-state index in [0.717, 1.165) is 0 Å². The molecule has 2 aromatic rings. The van der Waals surface area contributed by atoms with Gasteiger partial charge in [-0.3, -0.25) is 0 Å². The Labute approximate surface area is 99.0 Å². The summed E-state index contributed by atoms with van der Waals surface area (Å²) in [6.07, 6.45) is 0. The number of anilines is 2. The van der Waals surface area contributed by atoms with E-state index in [0.29, 0.717) is 28.4 Å². The molecule has 0 radical (unpaired) electrons. The first kappa shape index (κ1) is 10.8. The van der Waals surface area contributed by atoms with Gasteiger partial charge in [-0.15, -0.1) is 0 Å². The van der Waals surface area contributed by atoms with Crippen molar-refractivity contribution in [3.63, 3.8) is 0 Å². The molecule has 0 unspecified atom stereocenters. The fourth-order valence-electron chi connectivity index (χ4n) is 1.36. The van der Waals surface area contributed by atoms with Crippen molar-refractivity contribution < 1.29 is 4.74 Å². The highest BCUT2D eigenvalue weighted by Gasteiger charge is 2.02. The molecule has 0 atom stereocenters. The van der Waals surface area contributed by atoms with Crippen molar-refractivity contribution in [3.05, 3.63) is 48.0 Å². The van der Waals surface area contributed by atoms with Crippen LogP contribution >= 0.6 is 0 Å². The standard InChI is InChI=1S/C13H11N3O/c14-8-9-1-4-11(5-2-9)17-13-7-10(15)3-6-12(13)16/h1-7H,15-16H2. The Morgan fingerprint density at radius 3 is 2.35 bits per heavy atom. The van der Waals surface area contributed by atoms with Gasteiger partial charge in [0.25, 0.3) is 0 Å². The largest absolute Gasteiger partial charge is 0.455 e. The molecule has 84 valence electrons. The minimum Gasteiger partial charge on any atom is -0.455 e. The third-order valence-corrected chi connectivity index (χ3v) is 2.25. The van der Waals surface area contributed by atoms with Crippen molar-refractivity contribution in [2.24, 2.45) is 0 Å². The van der Waals surface area contributed by atoms with Crippen LogP contribution in [0.1, 0.15) is 5.56 Å². The molecule has 0 spiro atoms. The number of rotatable bonds is 2. The summed E-state index contributed by atoms with van der Waals surface area (Å²) >= 11 is 0. The molecule has 4 nitrogen and oxygen atoms in total. The SMILES string of the molecule is N#Cc1ccc(Oc2cc(N)ccc2N)cc1. The Hall–Kier alpha value is -2.67. The van der Waals surface area contributed by atoms with Crippen molar-refractivity contribution in [2.45, 2.75) is 0 Å². The lowest BCUT2D eigenvalue weighted by Gasteiger charge is -2.08. The van der Waals surface area contributed by atoms with Crippen molar-refractivity contribution in [2.75, 3.05) is 11.5 Å². The number of nitrogen functional groups attached to an aromatic ring is 2. The molecule has 0 aliphatic rings. The first-order valence-corrected chi connectivity index (χ1v) is 5.02. The second-order valence-electron chi connectivity index (χ2n) is 3.54. The van der Waals surface area contributed by atoms with Crippen LogP contribution < -0.4 is 16.2 Å². The van der Waals surface area contributed by atoms with Crippen LogP contribution in [0.15, 0.2) is 42.5 Å². The molecule has 0 heterocycles. The quantitative estimate of drug-likeness (QED) is 0.769. The molecule has 17 heavy (non-hydrogen) atoms. The lowest BCUT2D eigenvalue weighted by atomic mass is 10.2. The minimum atomic E-state index is 0.509. The summed E-state index contributed by atoms with van der Waals surface area (Å²) < 4.78 is 5.58. The Morgan fingerprint density at radius 2 is 1.71 bits per heavy atom. The minimum absolute atomic E-state index is 0.509. The van der Waals surface area contributed by atoms with Crippen LogP contribution in [0.3, 0.4) is 0 Å². The van der Waals surface area contributed by atoms with Crippen molar-refractivity contribution >= 4 is 11.4 Å². The van der Waals surface area contributed by atoms with Crippen LogP contribution in [0, 0.1) is 11.3 Å². The van der Waals surface area contributed by atoms with E-state index in [1.165, 1.54) is 0 Å². The van der Waals surface area contributed by atoms with Crippen molar-refractivity contribution in [3.8, 4) is 17.6 Å². The van der Waals surface area contributed by atoms with E-state index in [1.54, 1.807) is 42.5 Å². The predicted octanol–water partition coefficient (Wildman–Crippen LogP) is 2.51. The maximum Gasteiger partial charge on any atom is 0.152 e. The van der Waals surface area contributed by atoms with Crippen LogP contribution in [-0.4, -0.2) is 0 Å². The first-order chi connectivity index (χ1) is 8.19. The van der Waals surface area contributed by atoms with Gasteiger partial charge in [0, 0.05) is 11.8 Å². The third kappa shape index (κ3) is 2.47. The number of hydrogen-bond donors (Lipinski definition) is 2. The molecule has 0 bridgehead atoms. The Kier molecular flexibility index (Phi) is 2.84. The van der Waals surface area contributed by atoms with E-state index in [1.807, 2.05) is 6.07 Å². The Morgan fingerprint density at radius 1 is 1.00 bits per heavy atom. The molecule has 0 saturated carbocycles. The van der Waals surface area contributed by atoms with Gasteiger partial charge in [-0.05, 0) is 36.4 Å². The highest BCUT2D eigenvalue weighted by molar-refractivity contribution is 5.60.